The summed E-state index contributed by atoms with van der Waals surface area (Å²) in [6, 6.07) is 8.98. The third-order valence-electron chi connectivity index (χ3n) is 2.56. The van der Waals surface area contributed by atoms with E-state index in [4.69, 9.17) is 0 Å². The first-order chi connectivity index (χ1) is 7.22. The van der Waals surface area contributed by atoms with Crippen LogP contribution in [-0.2, 0) is 12.8 Å². The van der Waals surface area contributed by atoms with E-state index in [0.717, 1.165) is 6.42 Å². The minimum atomic E-state index is 1.07. The van der Waals surface area contributed by atoms with Gasteiger partial charge in [0.2, 0.25) is 0 Å². The summed E-state index contributed by atoms with van der Waals surface area (Å²) in [7, 11) is 0. The van der Waals surface area contributed by atoms with Crippen molar-refractivity contribution in [2.24, 2.45) is 0 Å². The Morgan fingerprint density at radius 2 is 1.93 bits per heavy atom. The standard InChI is InChI=1S/C15H22/c1-4-5-7-14-8-6-9-15(12-14)11-10-13(2)3/h6,8-10,12H,4-5,7,11H2,1-3H3. The van der Waals surface area contributed by atoms with E-state index >= 15 is 0 Å². The molecule has 0 heteroatoms. The molecule has 1 aromatic carbocycles. The Morgan fingerprint density at radius 1 is 1.20 bits per heavy atom. The second-order valence-corrected chi connectivity index (χ2v) is 4.41. The van der Waals surface area contributed by atoms with Gasteiger partial charge in [0, 0.05) is 0 Å². The Kier molecular flexibility index (Phi) is 5.17. The lowest BCUT2D eigenvalue weighted by Crippen LogP contribution is -1.88. The Morgan fingerprint density at radius 3 is 2.60 bits per heavy atom. The summed E-state index contributed by atoms with van der Waals surface area (Å²) < 4.78 is 0. The molecule has 0 spiro atoms. The highest BCUT2D eigenvalue weighted by Crippen LogP contribution is 2.10. The number of hydrogen-bond donors (Lipinski definition) is 0. The predicted octanol–water partition coefficient (Wildman–Crippen LogP) is 4.54. The summed E-state index contributed by atoms with van der Waals surface area (Å²) in [4.78, 5) is 0. The highest BCUT2D eigenvalue weighted by molar-refractivity contribution is 5.25. The van der Waals surface area contributed by atoms with Crippen LogP contribution >= 0.6 is 0 Å². The van der Waals surface area contributed by atoms with E-state index in [1.165, 1.54) is 36.0 Å². The quantitative estimate of drug-likeness (QED) is 0.615. The van der Waals surface area contributed by atoms with Crippen LogP contribution in [0.3, 0.4) is 0 Å². The number of benzene rings is 1. The lowest BCUT2D eigenvalue weighted by Gasteiger charge is -2.03. The third kappa shape index (κ3) is 4.83. The van der Waals surface area contributed by atoms with Gasteiger partial charge in [0.1, 0.15) is 0 Å². The van der Waals surface area contributed by atoms with Crippen LogP contribution in [0.5, 0.6) is 0 Å². The smallest absolute Gasteiger partial charge is 0.00949 e. The minimum absolute atomic E-state index is 1.07. The van der Waals surface area contributed by atoms with Crippen LogP contribution in [0.15, 0.2) is 35.9 Å². The lowest BCUT2D eigenvalue weighted by atomic mass is 10.0. The molecule has 1 rings (SSSR count). The van der Waals surface area contributed by atoms with Gasteiger partial charge in [-0.1, -0.05) is 49.3 Å². The molecule has 0 atom stereocenters. The molecule has 0 aliphatic rings. The van der Waals surface area contributed by atoms with Crippen LogP contribution in [0.2, 0.25) is 0 Å². The number of hydrogen-bond acceptors (Lipinski definition) is 0. The summed E-state index contributed by atoms with van der Waals surface area (Å²) in [5, 5.41) is 0. The van der Waals surface area contributed by atoms with Crippen molar-refractivity contribution in [1.29, 1.82) is 0 Å². The zero-order chi connectivity index (χ0) is 11.1. The van der Waals surface area contributed by atoms with Crippen LogP contribution in [-0.4, -0.2) is 0 Å². The monoisotopic (exact) mass is 202 g/mol. The molecule has 0 heterocycles. The van der Waals surface area contributed by atoms with Gasteiger partial charge in [-0.25, -0.2) is 0 Å². The van der Waals surface area contributed by atoms with Crippen LogP contribution < -0.4 is 0 Å². The molecule has 0 amide bonds. The van der Waals surface area contributed by atoms with Crippen molar-refractivity contribution >= 4 is 0 Å². The Hall–Kier alpha value is -1.04. The first-order valence-electron chi connectivity index (χ1n) is 5.93. The predicted molar refractivity (Wildman–Crippen MR) is 68.2 cm³/mol. The van der Waals surface area contributed by atoms with Crippen LogP contribution in [0, 0.1) is 0 Å². The number of aryl methyl sites for hydroxylation is 1. The maximum absolute atomic E-state index is 2.34. The highest BCUT2D eigenvalue weighted by atomic mass is 14.0. The van der Waals surface area contributed by atoms with Gasteiger partial charge in [-0.3, -0.25) is 0 Å². The van der Waals surface area contributed by atoms with Crippen LogP contribution in [0.4, 0.5) is 0 Å². The van der Waals surface area contributed by atoms with E-state index in [1.54, 1.807) is 0 Å². The van der Waals surface area contributed by atoms with Gasteiger partial charge in [-0.15, -0.1) is 0 Å². The third-order valence-corrected chi connectivity index (χ3v) is 2.56. The van der Waals surface area contributed by atoms with Crippen molar-refractivity contribution in [2.45, 2.75) is 46.5 Å². The molecule has 0 aliphatic carbocycles. The van der Waals surface area contributed by atoms with Crippen LogP contribution in [0.1, 0.15) is 44.7 Å². The van der Waals surface area contributed by atoms with Gasteiger partial charge < -0.3 is 0 Å². The molecule has 0 nitrogen and oxygen atoms in total. The van der Waals surface area contributed by atoms with Gasteiger partial charge in [-0.05, 0) is 44.2 Å². The van der Waals surface area contributed by atoms with Gasteiger partial charge in [0.15, 0.2) is 0 Å². The molecule has 0 aliphatic heterocycles. The van der Waals surface area contributed by atoms with E-state index in [1.807, 2.05) is 0 Å². The fraction of sp³-hybridized carbons (Fsp3) is 0.467. The van der Waals surface area contributed by atoms with E-state index < -0.39 is 0 Å². The fourth-order valence-electron chi connectivity index (χ4n) is 1.62. The summed E-state index contributed by atoms with van der Waals surface area (Å²) in [5.41, 5.74) is 4.32. The van der Waals surface area contributed by atoms with Crippen molar-refractivity contribution in [2.75, 3.05) is 0 Å². The highest BCUT2D eigenvalue weighted by Gasteiger charge is 1.94. The van der Waals surface area contributed by atoms with E-state index in [0.29, 0.717) is 0 Å². The molecular formula is C15H22. The first-order valence-corrected chi connectivity index (χ1v) is 5.93. The van der Waals surface area contributed by atoms with E-state index in [2.05, 4.69) is 51.1 Å². The fourth-order valence-corrected chi connectivity index (χ4v) is 1.62. The van der Waals surface area contributed by atoms with Gasteiger partial charge >= 0.3 is 0 Å². The molecule has 0 aromatic heterocycles. The van der Waals surface area contributed by atoms with Crippen molar-refractivity contribution in [3.63, 3.8) is 0 Å². The second kappa shape index (κ2) is 6.44. The van der Waals surface area contributed by atoms with Crippen molar-refractivity contribution in [3.05, 3.63) is 47.0 Å². The molecule has 1 aromatic rings. The molecule has 0 N–H and O–H groups in total. The normalized spacial score (nSPS) is 10.1. The van der Waals surface area contributed by atoms with E-state index in [-0.39, 0.29) is 0 Å². The van der Waals surface area contributed by atoms with Gasteiger partial charge in [-0.2, -0.15) is 0 Å². The Bertz CT molecular complexity index is 317. The van der Waals surface area contributed by atoms with Crippen molar-refractivity contribution in [3.8, 4) is 0 Å². The average Bonchev–Trinajstić information content (AvgIpc) is 2.24. The molecule has 0 fully saturated rings. The average molecular weight is 202 g/mol. The van der Waals surface area contributed by atoms with Crippen molar-refractivity contribution < 1.29 is 0 Å². The van der Waals surface area contributed by atoms with Crippen LogP contribution in [0.25, 0.3) is 0 Å². The largest absolute Gasteiger partial charge is 0.0815 e. The number of unbranched alkanes of at least 4 members (excludes halogenated alkanes) is 1. The number of rotatable bonds is 5. The summed E-state index contributed by atoms with van der Waals surface area (Å²) in [5.74, 6) is 0. The Balaban J connectivity index is 2.61. The molecule has 0 unspecified atom stereocenters. The van der Waals surface area contributed by atoms with Gasteiger partial charge in [0.05, 0.1) is 0 Å². The Labute approximate surface area is 94.0 Å². The number of allylic oxidation sites excluding steroid dienone is 2. The second-order valence-electron chi connectivity index (χ2n) is 4.41. The zero-order valence-corrected chi connectivity index (χ0v) is 10.2. The molecule has 0 saturated heterocycles. The maximum Gasteiger partial charge on any atom is -0.00949 e. The zero-order valence-electron chi connectivity index (χ0n) is 10.2. The lowest BCUT2D eigenvalue weighted by molar-refractivity contribution is 0.794. The summed E-state index contributed by atoms with van der Waals surface area (Å²) in [6.45, 7) is 6.55. The van der Waals surface area contributed by atoms with E-state index in [9.17, 15) is 0 Å². The summed E-state index contributed by atoms with van der Waals surface area (Å²) in [6.07, 6.45) is 7.16. The first kappa shape index (κ1) is 12.0. The molecule has 15 heavy (non-hydrogen) atoms. The van der Waals surface area contributed by atoms with Gasteiger partial charge in [0.25, 0.3) is 0 Å². The topological polar surface area (TPSA) is 0 Å². The summed E-state index contributed by atoms with van der Waals surface area (Å²) >= 11 is 0. The SMILES string of the molecule is CCCCc1cccc(CC=C(C)C)c1. The molecule has 0 radical (unpaired) electrons. The minimum Gasteiger partial charge on any atom is -0.0815 e. The molecule has 82 valence electrons. The molecule has 0 bridgehead atoms. The maximum atomic E-state index is 2.34. The van der Waals surface area contributed by atoms with Crippen molar-refractivity contribution in [1.82, 2.24) is 0 Å². The molecule has 0 saturated carbocycles. The molecular weight excluding hydrogens is 180 g/mol.